The van der Waals surface area contributed by atoms with Crippen molar-refractivity contribution in [2.24, 2.45) is 0 Å². The SMILES string of the molecule is CC1(C)c2ccccc2-c2ccc(N(c3ccccc3)c3ccc(/C=C/c4ccc5c(c4)C(C)(C)c4cc(N(c6ccccc6)c6ccc7c(c6)C(C)(C)c6ccccc6-7)ccc4-5)cc3)cc21. The number of nitrogens with zero attached hydrogens (tertiary/aromatic N) is 2. The van der Waals surface area contributed by atoms with E-state index in [0.717, 1.165) is 28.3 Å². The minimum Gasteiger partial charge on any atom is -0.310 e. The molecule has 0 aliphatic heterocycles. The Kier molecular flexibility index (Phi) is 9.25. The van der Waals surface area contributed by atoms with Crippen molar-refractivity contribution in [2.75, 3.05) is 9.80 Å². The summed E-state index contributed by atoms with van der Waals surface area (Å²) in [6.07, 6.45) is 4.51. The second-order valence-electron chi connectivity index (χ2n) is 20.2. The van der Waals surface area contributed by atoms with Gasteiger partial charge in [0.25, 0.3) is 0 Å². The molecular formula is C65H54N2. The van der Waals surface area contributed by atoms with Crippen molar-refractivity contribution in [3.8, 4) is 33.4 Å². The van der Waals surface area contributed by atoms with Gasteiger partial charge in [0.1, 0.15) is 0 Å². The van der Waals surface area contributed by atoms with Crippen LogP contribution in [-0.4, -0.2) is 0 Å². The number of para-hydroxylation sites is 2. The molecule has 0 bridgehead atoms. The number of hydrogen-bond donors (Lipinski definition) is 0. The van der Waals surface area contributed by atoms with Gasteiger partial charge in [0.2, 0.25) is 0 Å². The summed E-state index contributed by atoms with van der Waals surface area (Å²) >= 11 is 0. The van der Waals surface area contributed by atoms with Crippen molar-refractivity contribution in [2.45, 2.75) is 57.8 Å². The quantitative estimate of drug-likeness (QED) is 0.140. The largest absolute Gasteiger partial charge is 0.310 e. The van der Waals surface area contributed by atoms with Gasteiger partial charge in [0.05, 0.1) is 0 Å². The van der Waals surface area contributed by atoms with Crippen LogP contribution in [0.3, 0.4) is 0 Å². The molecular weight excluding hydrogens is 809 g/mol. The molecule has 0 radical (unpaired) electrons. The van der Waals surface area contributed by atoms with Crippen molar-refractivity contribution in [3.63, 3.8) is 0 Å². The normalized spacial score (nSPS) is 15.0. The summed E-state index contributed by atoms with van der Waals surface area (Å²) < 4.78 is 0. The van der Waals surface area contributed by atoms with E-state index in [1.807, 2.05) is 0 Å². The molecule has 324 valence electrons. The topological polar surface area (TPSA) is 6.48 Å². The highest BCUT2D eigenvalue weighted by Crippen LogP contribution is 2.54. The van der Waals surface area contributed by atoms with E-state index in [0.29, 0.717) is 0 Å². The van der Waals surface area contributed by atoms with E-state index in [1.165, 1.54) is 83.7 Å². The van der Waals surface area contributed by atoms with Crippen molar-refractivity contribution in [1.82, 2.24) is 0 Å². The lowest BCUT2D eigenvalue weighted by Crippen LogP contribution is -2.18. The third-order valence-electron chi connectivity index (χ3n) is 15.2. The molecule has 0 aromatic heterocycles. The molecule has 2 nitrogen and oxygen atoms in total. The highest BCUT2D eigenvalue weighted by molar-refractivity contribution is 5.90. The smallest absolute Gasteiger partial charge is 0.0465 e. The Hall–Kier alpha value is -7.68. The van der Waals surface area contributed by atoms with Gasteiger partial charge in [0.15, 0.2) is 0 Å². The molecule has 0 spiro atoms. The van der Waals surface area contributed by atoms with Gasteiger partial charge < -0.3 is 9.80 Å². The maximum absolute atomic E-state index is 2.44. The molecule has 9 aromatic carbocycles. The Balaban J connectivity index is 0.836. The number of anilines is 6. The first-order valence-electron chi connectivity index (χ1n) is 23.8. The number of fused-ring (bicyclic) bond motifs is 9. The van der Waals surface area contributed by atoms with Crippen molar-refractivity contribution >= 4 is 46.3 Å². The standard InChI is InChI=1S/C65H54N2/c1-63(2)57-23-15-13-21-51(57)54-36-32-48(40-60(54)63)66(45-17-9-7-10-18-45)47-30-27-43(28-31-47)25-26-44-29-35-53-56-38-34-50(42-62(56)65(5,6)59(53)39-44)67(46-19-11-8-12-20-46)49-33-37-55-52-22-14-16-24-58(52)64(3,4)61(55)41-49/h7-42H,1-6H3/b26-25+. The highest BCUT2D eigenvalue weighted by atomic mass is 15.1. The molecule has 12 rings (SSSR count). The second kappa shape index (κ2) is 15.2. The number of hydrogen-bond acceptors (Lipinski definition) is 2. The first-order chi connectivity index (χ1) is 32.5. The van der Waals surface area contributed by atoms with E-state index in [1.54, 1.807) is 0 Å². The Morgan fingerprint density at radius 3 is 1.01 bits per heavy atom. The van der Waals surface area contributed by atoms with Gasteiger partial charge in [-0.25, -0.2) is 0 Å². The van der Waals surface area contributed by atoms with E-state index < -0.39 is 0 Å². The molecule has 2 heteroatoms. The van der Waals surface area contributed by atoms with Gasteiger partial charge in [-0.2, -0.15) is 0 Å². The zero-order valence-corrected chi connectivity index (χ0v) is 39.2. The lowest BCUT2D eigenvalue weighted by Gasteiger charge is -2.29. The van der Waals surface area contributed by atoms with Gasteiger partial charge in [0, 0.05) is 50.4 Å². The van der Waals surface area contributed by atoms with Crippen molar-refractivity contribution in [1.29, 1.82) is 0 Å². The second-order valence-corrected chi connectivity index (χ2v) is 20.2. The predicted octanol–water partition coefficient (Wildman–Crippen LogP) is 17.7. The van der Waals surface area contributed by atoms with E-state index >= 15 is 0 Å². The lowest BCUT2D eigenvalue weighted by molar-refractivity contribution is 0.660. The average Bonchev–Trinajstić information content (AvgIpc) is 3.83. The summed E-state index contributed by atoms with van der Waals surface area (Å²) in [6, 6.07) is 76.4. The fourth-order valence-electron chi connectivity index (χ4n) is 11.6. The van der Waals surface area contributed by atoms with Crippen LogP contribution in [0.4, 0.5) is 34.1 Å². The molecule has 0 N–H and O–H groups in total. The fraction of sp³-hybridized carbons (Fsp3) is 0.138. The molecule has 3 aliphatic rings. The summed E-state index contributed by atoms with van der Waals surface area (Å²) in [4.78, 5) is 4.81. The zero-order chi connectivity index (χ0) is 45.7. The van der Waals surface area contributed by atoms with E-state index in [2.05, 4.69) is 270 Å². The third-order valence-corrected chi connectivity index (χ3v) is 15.2. The molecule has 0 unspecified atom stereocenters. The molecule has 3 aliphatic carbocycles. The zero-order valence-electron chi connectivity index (χ0n) is 39.2. The maximum Gasteiger partial charge on any atom is 0.0465 e. The fourth-order valence-corrected chi connectivity index (χ4v) is 11.6. The van der Waals surface area contributed by atoms with Crippen LogP contribution in [0.2, 0.25) is 0 Å². The molecule has 0 saturated carbocycles. The molecule has 0 atom stereocenters. The van der Waals surface area contributed by atoms with Crippen molar-refractivity contribution in [3.05, 3.63) is 251 Å². The van der Waals surface area contributed by atoms with Gasteiger partial charge in [-0.05, 0) is 151 Å². The lowest BCUT2D eigenvalue weighted by atomic mass is 9.81. The van der Waals surface area contributed by atoms with Crippen LogP contribution in [0.15, 0.2) is 206 Å². The van der Waals surface area contributed by atoms with Gasteiger partial charge in [-0.15, -0.1) is 0 Å². The van der Waals surface area contributed by atoms with Gasteiger partial charge >= 0.3 is 0 Å². The van der Waals surface area contributed by atoms with Gasteiger partial charge in [-0.3, -0.25) is 0 Å². The molecule has 0 amide bonds. The molecule has 0 heterocycles. The highest BCUT2D eigenvalue weighted by Gasteiger charge is 2.39. The molecule has 0 saturated heterocycles. The minimum absolute atomic E-state index is 0.0734. The summed E-state index contributed by atoms with van der Waals surface area (Å²) in [7, 11) is 0. The molecule has 0 fully saturated rings. The van der Waals surface area contributed by atoms with Crippen LogP contribution < -0.4 is 9.80 Å². The van der Waals surface area contributed by atoms with E-state index in [9.17, 15) is 0 Å². The van der Waals surface area contributed by atoms with Crippen LogP contribution in [0.5, 0.6) is 0 Å². The Bertz CT molecular complexity index is 3430. The summed E-state index contributed by atoms with van der Waals surface area (Å²) in [5, 5.41) is 0. The number of rotatable bonds is 8. The van der Waals surface area contributed by atoms with E-state index in [4.69, 9.17) is 0 Å². The van der Waals surface area contributed by atoms with Crippen molar-refractivity contribution < 1.29 is 0 Å². The monoisotopic (exact) mass is 862 g/mol. The Morgan fingerprint density at radius 2 is 0.552 bits per heavy atom. The predicted molar refractivity (Wildman–Crippen MR) is 284 cm³/mol. The maximum atomic E-state index is 2.44. The van der Waals surface area contributed by atoms with Gasteiger partial charge in [-0.1, -0.05) is 187 Å². The Labute approximate surface area is 396 Å². The minimum atomic E-state index is -0.188. The van der Waals surface area contributed by atoms with E-state index in [-0.39, 0.29) is 16.2 Å². The summed E-state index contributed by atoms with van der Waals surface area (Å²) in [6.45, 7) is 14.2. The summed E-state index contributed by atoms with van der Waals surface area (Å²) in [5.41, 5.74) is 25.2. The van der Waals surface area contributed by atoms with Crippen LogP contribution in [0, 0.1) is 0 Å². The Morgan fingerprint density at radius 1 is 0.254 bits per heavy atom. The molecule has 67 heavy (non-hydrogen) atoms. The first kappa shape index (κ1) is 40.8. The summed E-state index contributed by atoms with van der Waals surface area (Å²) in [5.74, 6) is 0. The van der Waals surface area contributed by atoms with Crippen LogP contribution in [-0.2, 0) is 16.2 Å². The van der Waals surface area contributed by atoms with Crippen LogP contribution >= 0.6 is 0 Å². The average molecular weight is 863 g/mol. The van der Waals surface area contributed by atoms with Crippen LogP contribution in [0.1, 0.15) is 86.1 Å². The first-order valence-corrected chi connectivity index (χ1v) is 23.8. The molecule has 9 aromatic rings. The number of benzene rings is 9. The third kappa shape index (κ3) is 6.45. The van der Waals surface area contributed by atoms with Crippen LogP contribution in [0.25, 0.3) is 45.5 Å².